The second kappa shape index (κ2) is 12.9. The molecule has 0 fully saturated rings. The fourth-order valence-corrected chi connectivity index (χ4v) is 1.75. The summed E-state index contributed by atoms with van der Waals surface area (Å²) in [5.41, 5.74) is 1.22. The number of halogens is 1. The molecular formula is C16H28IN3O. The van der Waals surface area contributed by atoms with Crippen LogP contribution in [-0.4, -0.2) is 32.7 Å². The zero-order chi connectivity index (χ0) is 14.6. The first-order valence-electron chi connectivity index (χ1n) is 7.32. The molecule has 120 valence electrons. The summed E-state index contributed by atoms with van der Waals surface area (Å²) in [5, 5.41) is 6.57. The van der Waals surface area contributed by atoms with Crippen molar-refractivity contribution in [2.75, 3.05) is 26.7 Å². The van der Waals surface area contributed by atoms with E-state index in [9.17, 15) is 0 Å². The predicted molar refractivity (Wildman–Crippen MR) is 100 cm³/mol. The van der Waals surface area contributed by atoms with Gasteiger partial charge in [0.1, 0.15) is 0 Å². The van der Waals surface area contributed by atoms with Crippen LogP contribution in [0.25, 0.3) is 0 Å². The second-order valence-corrected chi connectivity index (χ2v) is 4.99. The Morgan fingerprint density at radius 1 is 1.24 bits per heavy atom. The van der Waals surface area contributed by atoms with E-state index in [0.29, 0.717) is 12.5 Å². The number of hydrogen-bond donors (Lipinski definition) is 2. The van der Waals surface area contributed by atoms with Crippen LogP contribution in [-0.2, 0) is 11.3 Å². The van der Waals surface area contributed by atoms with Crippen LogP contribution in [0.3, 0.4) is 0 Å². The maximum Gasteiger partial charge on any atom is 0.190 e. The van der Waals surface area contributed by atoms with Crippen molar-refractivity contribution in [1.82, 2.24) is 10.6 Å². The Morgan fingerprint density at radius 3 is 2.57 bits per heavy atom. The molecule has 1 aromatic carbocycles. The van der Waals surface area contributed by atoms with Gasteiger partial charge >= 0.3 is 0 Å². The Morgan fingerprint density at radius 2 is 1.95 bits per heavy atom. The van der Waals surface area contributed by atoms with Crippen molar-refractivity contribution in [3.8, 4) is 0 Å². The third-order valence-electron chi connectivity index (χ3n) is 2.90. The number of benzene rings is 1. The normalized spacial score (nSPS) is 12.4. The molecule has 0 aliphatic rings. The second-order valence-electron chi connectivity index (χ2n) is 4.99. The first-order chi connectivity index (χ1) is 9.76. The highest BCUT2D eigenvalue weighted by molar-refractivity contribution is 14.0. The Labute approximate surface area is 145 Å². The Balaban J connectivity index is 0.00000400. The molecule has 0 bridgehead atoms. The van der Waals surface area contributed by atoms with Gasteiger partial charge in [0.25, 0.3) is 0 Å². The molecule has 4 nitrogen and oxygen atoms in total. The molecule has 0 saturated heterocycles. The fraction of sp³-hybridized carbons (Fsp3) is 0.562. The Hall–Kier alpha value is -0.820. The standard InChI is InChI=1S/C16H27N3O.HI/c1-4-10-18-16(17-3)19-11-14(2)12-20-13-15-8-6-5-7-9-15;/h5-9,14H,4,10-13H2,1-3H3,(H2,17,18,19);1H. The molecule has 0 aliphatic carbocycles. The maximum atomic E-state index is 5.73. The van der Waals surface area contributed by atoms with Gasteiger partial charge in [0.2, 0.25) is 0 Å². The first-order valence-corrected chi connectivity index (χ1v) is 7.32. The summed E-state index contributed by atoms with van der Waals surface area (Å²) in [6.07, 6.45) is 1.09. The minimum Gasteiger partial charge on any atom is -0.376 e. The van der Waals surface area contributed by atoms with Crippen molar-refractivity contribution in [3.05, 3.63) is 35.9 Å². The van der Waals surface area contributed by atoms with Crippen LogP contribution in [0.5, 0.6) is 0 Å². The van der Waals surface area contributed by atoms with Gasteiger partial charge in [0, 0.05) is 20.1 Å². The first kappa shape index (κ1) is 20.2. The number of nitrogens with one attached hydrogen (secondary N) is 2. The molecule has 5 heteroatoms. The molecule has 0 aliphatic heterocycles. The van der Waals surface area contributed by atoms with Crippen LogP contribution < -0.4 is 10.6 Å². The zero-order valence-corrected chi connectivity index (χ0v) is 15.6. The largest absolute Gasteiger partial charge is 0.376 e. The summed E-state index contributed by atoms with van der Waals surface area (Å²) in [7, 11) is 1.79. The lowest BCUT2D eigenvalue weighted by atomic mass is 10.2. The number of nitrogens with zero attached hydrogens (tertiary/aromatic N) is 1. The SMILES string of the molecule is CCCNC(=NC)NCC(C)COCc1ccccc1.I. The molecule has 0 radical (unpaired) electrons. The summed E-state index contributed by atoms with van der Waals surface area (Å²) in [5.74, 6) is 1.31. The highest BCUT2D eigenvalue weighted by atomic mass is 127. The molecule has 0 amide bonds. The van der Waals surface area contributed by atoms with Crippen molar-refractivity contribution in [2.45, 2.75) is 26.9 Å². The fourth-order valence-electron chi connectivity index (χ4n) is 1.75. The molecule has 2 N–H and O–H groups in total. The van der Waals surface area contributed by atoms with E-state index in [1.165, 1.54) is 5.56 Å². The van der Waals surface area contributed by atoms with Crippen molar-refractivity contribution >= 4 is 29.9 Å². The molecule has 1 unspecified atom stereocenters. The van der Waals surface area contributed by atoms with E-state index in [0.717, 1.165) is 32.1 Å². The van der Waals surface area contributed by atoms with Gasteiger partial charge in [-0.05, 0) is 17.9 Å². The smallest absolute Gasteiger partial charge is 0.190 e. The highest BCUT2D eigenvalue weighted by Gasteiger charge is 2.04. The minimum absolute atomic E-state index is 0. The zero-order valence-electron chi connectivity index (χ0n) is 13.3. The van der Waals surface area contributed by atoms with E-state index in [1.54, 1.807) is 7.05 Å². The van der Waals surface area contributed by atoms with Crippen LogP contribution in [0, 0.1) is 5.92 Å². The lowest BCUT2D eigenvalue weighted by Gasteiger charge is -2.16. The van der Waals surface area contributed by atoms with Gasteiger partial charge in [0.05, 0.1) is 13.2 Å². The van der Waals surface area contributed by atoms with E-state index >= 15 is 0 Å². The van der Waals surface area contributed by atoms with Gasteiger partial charge < -0.3 is 15.4 Å². The molecule has 0 spiro atoms. The van der Waals surface area contributed by atoms with E-state index in [2.05, 4.69) is 41.6 Å². The van der Waals surface area contributed by atoms with Gasteiger partial charge in [-0.2, -0.15) is 0 Å². The monoisotopic (exact) mass is 405 g/mol. The third kappa shape index (κ3) is 9.68. The molecule has 0 heterocycles. The Kier molecular flexibility index (Phi) is 12.4. The van der Waals surface area contributed by atoms with Crippen molar-refractivity contribution < 1.29 is 4.74 Å². The summed E-state index contributed by atoms with van der Waals surface area (Å²) in [4.78, 5) is 4.18. The molecule has 21 heavy (non-hydrogen) atoms. The summed E-state index contributed by atoms with van der Waals surface area (Å²) >= 11 is 0. The number of rotatable bonds is 8. The molecule has 0 aromatic heterocycles. The van der Waals surface area contributed by atoms with Crippen LogP contribution in [0.1, 0.15) is 25.8 Å². The van der Waals surface area contributed by atoms with Gasteiger partial charge in [-0.1, -0.05) is 44.2 Å². The molecule has 1 atom stereocenters. The van der Waals surface area contributed by atoms with Gasteiger partial charge in [0.15, 0.2) is 5.96 Å². The molecule has 1 aromatic rings. The number of hydrogen-bond acceptors (Lipinski definition) is 2. The van der Waals surface area contributed by atoms with Gasteiger partial charge in [-0.15, -0.1) is 24.0 Å². The van der Waals surface area contributed by atoms with Crippen molar-refractivity contribution in [1.29, 1.82) is 0 Å². The minimum atomic E-state index is 0. The number of guanidine groups is 1. The average Bonchev–Trinajstić information content (AvgIpc) is 2.48. The number of ether oxygens (including phenoxy) is 1. The van der Waals surface area contributed by atoms with Crippen LogP contribution >= 0.6 is 24.0 Å². The highest BCUT2D eigenvalue weighted by Crippen LogP contribution is 2.02. The molecule has 0 saturated carbocycles. The molecule has 1 rings (SSSR count). The van der Waals surface area contributed by atoms with Crippen LogP contribution in [0.2, 0.25) is 0 Å². The lowest BCUT2D eigenvalue weighted by molar-refractivity contribution is 0.0931. The average molecular weight is 405 g/mol. The summed E-state index contributed by atoms with van der Waals surface area (Å²) < 4.78 is 5.73. The topological polar surface area (TPSA) is 45.7 Å². The quantitative estimate of drug-likeness (QED) is 0.397. The number of aliphatic imine (C=N–C) groups is 1. The van der Waals surface area contributed by atoms with E-state index in [4.69, 9.17) is 4.74 Å². The lowest BCUT2D eigenvalue weighted by Crippen LogP contribution is -2.40. The Bertz CT molecular complexity index is 384. The van der Waals surface area contributed by atoms with Crippen LogP contribution in [0.4, 0.5) is 0 Å². The van der Waals surface area contributed by atoms with Crippen LogP contribution in [0.15, 0.2) is 35.3 Å². The van der Waals surface area contributed by atoms with Gasteiger partial charge in [-0.25, -0.2) is 0 Å². The van der Waals surface area contributed by atoms with E-state index < -0.39 is 0 Å². The summed E-state index contributed by atoms with van der Waals surface area (Å²) in [6, 6.07) is 10.3. The van der Waals surface area contributed by atoms with Crippen molar-refractivity contribution in [2.24, 2.45) is 10.9 Å². The summed E-state index contributed by atoms with van der Waals surface area (Å²) in [6.45, 7) is 7.53. The van der Waals surface area contributed by atoms with Crippen molar-refractivity contribution in [3.63, 3.8) is 0 Å². The van der Waals surface area contributed by atoms with E-state index in [1.807, 2.05) is 18.2 Å². The molecular weight excluding hydrogens is 377 g/mol. The van der Waals surface area contributed by atoms with E-state index in [-0.39, 0.29) is 24.0 Å². The maximum absolute atomic E-state index is 5.73. The predicted octanol–water partition coefficient (Wildman–Crippen LogP) is 3.03. The van der Waals surface area contributed by atoms with Gasteiger partial charge in [-0.3, -0.25) is 4.99 Å². The third-order valence-corrected chi connectivity index (χ3v) is 2.90.